The zero-order valence-corrected chi connectivity index (χ0v) is 11.4. The van der Waals surface area contributed by atoms with Gasteiger partial charge in [-0.25, -0.2) is 4.39 Å². The van der Waals surface area contributed by atoms with Crippen LogP contribution in [0.3, 0.4) is 0 Å². The second-order valence-corrected chi connectivity index (χ2v) is 5.68. The van der Waals surface area contributed by atoms with Crippen LogP contribution in [-0.4, -0.2) is 0 Å². The van der Waals surface area contributed by atoms with Crippen molar-refractivity contribution in [3.05, 3.63) is 57.0 Å². The van der Waals surface area contributed by atoms with Crippen LogP contribution in [0.15, 0.2) is 30.3 Å². The van der Waals surface area contributed by atoms with Gasteiger partial charge in [0.15, 0.2) is 0 Å². The molecule has 1 aromatic carbocycles. The molecule has 1 unspecified atom stereocenters. The first-order valence-corrected chi connectivity index (χ1v) is 6.86. The van der Waals surface area contributed by atoms with E-state index in [2.05, 4.69) is 13.0 Å². The van der Waals surface area contributed by atoms with Crippen LogP contribution in [0.4, 0.5) is 4.39 Å². The smallest absolute Gasteiger partial charge is 0.128 e. The molecule has 0 bridgehead atoms. The molecule has 17 heavy (non-hydrogen) atoms. The molecule has 0 aliphatic rings. The second-order valence-electron chi connectivity index (χ2n) is 4.05. The van der Waals surface area contributed by atoms with E-state index in [0.29, 0.717) is 5.56 Å². The summed E-state index contributed by atoms with van der Waals surface area (Å²) in [4.78, 5) is 2.28. The summed E-state index contributed by atoms with van der Waals surface area (Å²) in [5.41, 5.74) is 1.59. The van der Waals surface area contributed by atoms with Gasteiger partial charge in [-0.05, 0) is 31.5 Å². The Morgan fingerprint density at radius 1 is 1.29 bits per heavy atom. The number of thiophene rings is 1. The Balaban J connectivity index is 2.35. The van der Waals surface area contributed by atoms with Gasteiger partial charge in [0.25, 0.3) is 0 Å². The monoisotopic (exact) mass is 268 g/mol. The molecule has 2 aromatic rings. The number of benzene rings is 1. The van der Waals surface area contributed by atoms with Gasteiger partial charge in [-0.15, -0.1) is 22.9 Å². The molecule has 0 radical (unpaired) electrons. The highest BCUT2D eigenvalue weighted by molar-refractivity contribution is 7.12. The van der Waals surface area contributed by atoms with Gasteiger partial charge in [0.1, 0.15) is 5.82 Å². The molecule has 0 aliphatic carbocycles. The fourth-order valence-corrected chi connectivity index (χ4v) is 3.05. The summed E-state index contributed by atoms with van der Waals surface area (Å²) in [6.45, 7) is 4.05. The predicted molar refractivity (Wildman–Crippen MR) is 72.5 cm³/mol. The van der Waals surface area contributed by atoms with Crippen molar-refractivity contribution >= 4 is 22.9 Å². The third-order valence-electron chi connectivity index (χ3n) is 2.71. The minimum atomic E-state index is -0.389. The van der Waals surface area contributed by atoms with Crippen molar-refractivity contribution in [3.63, 3.8) is 0 Å². The quantitative estimate of drug-likeness (QED) is 0.681. The fraction of sp³-hybridized carbons (Fsp3) is 0.286. The Bertz CT molecular complexity index is 519. The average molecular weight is 269 g/mol. The van der Waals surface area contributed by atoms with E-state index in [0.717, 1.165) is 16.9 Å². The largest absolute Gasteiger partial charge is 0.207 e. The minimum absolute atomic E-state index is 0.234. The standard InChI is InChI=1S/C14H14ClFS/c1-3-10-5-7-13(17-10)14(15)11-8-9(2)4-6-12(11)16/h4-8,14H,3H2,1-2H3. The summed E-state index contributed by atoms with van der Waals surface area (Å²) in [5.74, 6) is -0.234. The first-order valence-electron chi connectivity index (χ1n) is 5.60. The highest BCUT2D eigenvalue weighted by Gasteiger charge is 2.17. The van der Waals surface area contributed by atoms with E-state index in [9.17, 15) is 4.39 Å². The average Bonchev–Trinajstić information content (AvgIpc) is 2.80. The fourth-order valence-electron chi connectivity index (χ4n) is 1.73. The summed E-state index contributed by atoms with van der Waals surface area (Å²) in [7, 11) is 0. The number of hydrogen-bond acceptors (Lipinski definition) is 1. The predicted octanol–water partition coefficient (Wildman–Crippen LogP) is 5.09. The Kier molecular flexibility index (Phi) is 3.85. The van der Waals surface area contributed by atoms with Crippen LogP contribution in [-0.2, 0) is 6.42 Å². The molecule has 0 saturated heterocycles. The van der Waals surface area contributed by atoms with Crippen molar-refractivity contribution < 1.29 is 4.39 Å². The Morgan fingerprint density at radius 2 is 2.06 bits per heavy atom. The lowest BCUT2D eigenvalue weighted by Gasteiger charge is -2.09. The van der Waals surface area contributed by atoms with Gasteiger partial charge in [0.05, 0.1) is 5.38 Å². The lowest BCUT2D eigenvalue weighted by molar-refractivity contribution is 0.612. The molecular formula is C14H14ClFS. The molecule has 1 atom stereocenters. The summed E-state index contributed by atoms with van der Waals surface area (Å²) < 4.78 is 13.7. The first-order chi connectivity index (χ1) is 8.11. The van der Waals surface area contributed by atoms with E-state index in [-0.39, 0.29) is 11.2 Å². The zero-order valence-electron chi connectivity index (χ0n) is 9.84. The van der Waals surface area contributed by atoms with Crippen molar-refractivity contribution in [2.45, 2.75) is 25.6 Å². The van der Waals surface area contributed by atoms with Gasteiger partial charge in [0.2, 0.25) is 0 Å². The normalized spacial score (nSPS) is 12.7. The van der Waals surface area contributed by atoms with Crippen LogP contribution in [0.2, 0.25) is 0 Å². The zero-order chi connectivity index (χ0) is 12.4. The number of rotatable bonds is 3. The molecule has 90 valence electrons. The molecule has 0 fully saturated rings. The summed E-state index contributed by atoms with van der Waals surface area (Å²) in [6, 6.07) is 9.10. The maximum atomic E-state index is 13.7. The Hall–Kier alpha value is -0.860. The highest BCUT2D eigenvalue weighted by atomic mass is 35.5. The van der Waals surface area contributed by atoms with E-state index < -0.39 is 0 Å². The molecule has 1 aromatic heterocycles. The summed E-state index contributed by atoms with van der Waals surface area (Å²) in [6.07, 6.45) is 0.991. The number of halogens is 2. The second kappa shape index (κ2) is 5.19. The topological polar surface area (TPSA) is 0 Å². The molecular weight excluding hydrogens is 255 g/mol. The van der Waals surface area contributed by atoms with Crippen LogP contribution in [0.25, 0.3) is 0 Å². The Morgan fingerprint density at radius 3 is 2.71 bits per heavy atom. The number of aryl methyl sites for hydroxylation is 2. The molecule has 0 spiro atoms. The molecule has 0 N–H and O–H groups in total. The third-order valence-corrected chi connectivity index (χ3v) is 4.60. The van der Waals surface area contributed by atoms with Gasteiger partial charge < -0.3 is 0 Å². The molecule has 2 rings (SSSR count). The summed E-state index contributed by atoms with van der Waals surface area (Å²) >= 11 is 8.00. The van der Waals surface area contributed by atoms with Gasteiger partial charge in [-0.2, -0.15) is 0 Å². The van der Waals surface area contributed by atoms with Crippen molar-refractivity contribution in [2.75, 3.05) is 0 Å². The van der Waals surface area contributed by atoms with Crippen molar-refractivity contribution in [1.29, 1.82) is 0 Å². The van der Waals surface area contributed by atoms with Crippen LogP contribution in [0.5, 0.6) is 0 Å². The van der Waals surface area contributed by atoms with Crippen molar-refractivity contribution in [1.82, 2.24) is 0 Å². The highest BCUT2D eigenvalue weighted by Crippen LogP contribution is 2.35. The van der Waals surface area contributed by atoms with Crippen LogP contribution >= 0.6 is 22.9 Å². The lowest BCUT2D eigenvalue weighted by Crippen LogP contribution is -1.95. The molecule has 1 heterocycles. The molecule has 0 amide bonds. The van der Waals surface area contributed by atoms with Crippen LogP contribution < -0.4 is 0 Å². The van der Waals surface area contributed by atoms with E-state index in [1.807, 2.05) is 19.1 Å². The molecule has 0 nitrogen and oxygen atoms in total. The Labute approximate surface area is 110 Å². The maximum Gasteiger partial charge on any atom is 0.128 e. The maximum absolute atomic E-state index is 13.7. The van der Waals surface area contributed by atoms with E-state index in [1.165, 1.54) is 10.9 Å². The van der Waals surface area contributed by atoms with Gasteiger partial charge in [0, 0.05) is 15.3 Å². The molecule has 3 heteroatoms. The number of alkyl halides is 1. The number of hydrogen-bond donors (Lipinski definition) is 0. The lowest BCUT2D eigenvalue weighted by atomic mass is 10.1. The third kappa shape index (κ3) is 2.70. The van der Waals surface area contributed by atoms with E-state index in [4.69, 9.17) is 11.6 Å². The SMILES string of the molecule is CCc1ccc(C(Cl)c2cc(C)ccc2F)s1. The summed E-state index contributed by atoms with van der Waals surface area (Å²) in [5, 5.41) is -0.389. The van der Waals surface area contributed by atoms with Crippen molar-refractivity contribution in [2.24, 2.45) is 0 Å². The van der Waals surface area contributed by atoms with Crippen molar-refractivity contribution in [3.8, 4) is 0 Å². The first kappa shape index (κ1) is 12.6. The minimum Gasteiger partial charge on any atom is -0.207 e. The van der Waals surface area contributed by atoms with E-state index in [1.54, 1.807) is 17.4 Å². The van der Waals surface area contributed by atoms with Crippen LogP contribution in [0.1, 0.15) is 33.2 Å². The van der Waals surface area contributed by atoms with E-state index >= 15 is 0 Å². The molecule has 0 saturated carbocycles. The van der Waals surface area contributed by atoms with Gasteiger partial charge >= 0.3 is 0 Å². The van der Waals surface area contributed by atoms with Gasteiger partial charge in [-0.3, -0.25) is 0 Å². The van der Waals surface area contributed by atoms with Gasteiger partial charge in [-0.1, -0.05) is 24.6 Å². The molecule has 0 aliphatic heterocycles. The van der Waals surface area contributed by atoms with Crippen LogP contribution in [0, 0.1) is 12.7 Å².